The molecular formula is C8H9ClF2N2. The minimum absolute atomic E-state index is 0.0429. The van der Waals surface area contributed by atoms with Gasteiger partial charge in [0.1, 0.15) is 5.82 Å². The Labute approximate surface area is 79.7 Å². The summed E-state index contributed by atoms with van der Waals surface area (Å²) in [6, 6.07) is 1.30. The van der Waals surface area contributed by atoms with Crippen LogP contribution < -0.4 is 5.73 Å². The van der Waals surface area contributed by atoms with Crippen LogP contribution >= 0.6 is 11.6 Å². The Bertz CT molecular complexity index is 315. The quantitative estimate of drug-likeness (QED) is 0.756. The summed E-state index contributed by atoms with van der Waals surface area (Å²) in [6.45, 7) is 1.61. The molecule has 0 fully saturated rings. The van der Waals surface area contributed by atoms with Crippen molar-refractivity contribution in [3.8, 4) is 0 Å². The molecular weight excluding hydrogens is 198 g/mol. The van der Waals surface area contributed by atoms with Gasteiger partial charge in [-0.15, -0.1) is 11.6 Å². The summed E-state index contributed by atoms with van der Waals surface area (Å²) >= 11 is 5.48. The standard InChI is InChI=1S/C8H9ClF2N2/c1-4-2-5(7(10)11)6(3-9)8(12)13-4/h2,7H,3H2,1H3,(H2,12,13). The normalized spacial score (nSPS) is 10.8. The molecule has 0 aliphatic rings. The van der Waals surface area contributed by atoms with Crippen LogP contribution in [0.25, 0.3) is 0 Å². The van der Waals surface area contributed by atoms with E-state index >= 15 is 0 Å². The van der Waals surface area contributed by atoms with Crippen molar-refractivity contribution in [2.24, 2.45) is 0 Å². The molecule has 0 amide bonds. The highest BCUT2D eigenvalue weighted by Gasteiger charge is 2.15. The van der Waals surface area contributed by atoms with Crippen LogP contribution in [0.3, 0.4) is 0 Å². The fourth-order valence-electron chi connectivity index (χ4n) is 1.09. The van der Waals surface area contributed by atoms with E-state index < -0.39 is 6.43 Å². The molecule has 1 rings (SSSR count). The second kappa shape index (κ2) is 3.87. The molecule has 0 unspecified atom stereocenters. The van der Waals surface area contributed by atoms with Gasteiger partial charge in [0.25, 0.3) is 6.43 Å². The Morgan fingerprint density at radius 3 is 2.69 bits per heavy atom. The van der Waals surface area contributed by atoms with Gasteiger partial charge in [0.2, 0.25) is 0 Å². The van der Waals surface area contributed by atoms with Gasteiger partial charge in [0.15, 0.2) is 0 Å². The molecule has 1 aromatic heterocycles. The first-order valence-corrected chi connectivity index (χ1v) is 4.19. The van der Waals surface area contributed by atoms with E-state index in [0.717, 1.165) is 0 Å². The molecule has 0 bridgehead atoms. The number of alkyl halides is 3. The maximum atomic E-state index is 12.4. The molecule has 0 spiro atoms. The molecule has 72 valence electrons. The predicted molar refractivity (Wildman–Crippen MR) is 47.9 cm³/mol. The Hall–Kier alpha value is -0.900. The number of pyridine rings is 1. The highest BCUT2D eigenvalue weighted by molar-refractivity contribution is 6.17. The lowest BCUT2D eigenvalue weighted by Crippen LogP contribution is -2.03. The molecule has 0 saturated heterocycles. The fourth-order valence-corrected chi connectivity index (χ4v) is 1.38. The highest BCUT2D eigenvalue weighted by atomic mass is 35.5. The zero-order valence-electron chi connectivity index (χ0n) is 7.02. The van der Waals surface area contributed by atoms with Crippen LogP contribution in [0.1, 0.15) is 23.2 Å². The van der Waals surface area contributed by atoms with Crippen molar-refractivity contribution in [2.75, 3.05) is 5.73 Å². The minimum atomic E-state index is -2.56. The van der Waals surface area contributed by atoms with Crippen molar-refractivity contribution in [2.45, 2.75) is 19.2 Å². The molecule has 0 radical (unpaired) electrons. The summed E-state index contributed by atoms with van der Waals surface area (Å²) < 4.78 is 24.9. The summed E-state index contributed by atoms with van der Waals surface area (Å²) in [5, 5.41) is 0. The number of aryl methyl sites for hydroxylation is 1. The number of nitrogens with zero attached hydrogens (tertiary/aromatic N) is 1. The maximum absolute atomic E-state index is 12.4. The number of aromatic nitrogens is 1. The summed E-state index contributed by atoms with van der Waals surface area (Å²) in [5.41, 5.74) is 6.01. The van der Waals surface area contributed by atoms with Gasteiger partial charge in [-0.05, 0) is 13.0 Å². The lowest BCUT2D eigenvalue weighted by molar-refractivity contribution is 0.150. The second-order valence-corrected chi connectivity index (χ2v) is 2.92. The first kappa shape index (κ1) is 10.2. The Morgan fingerprint density at radius 1 is 1.62 bits per heavy atom. The van der Waals surface area contributed by atoms with Crippen molar-refractivity contribution < 1.29 is 8.78 Å². The van der Waals surface area contributed by atoms with Gasteiger partial charge in [0.05, 0.1) is 5.88 Å². The number of nitrogens with two attached hydrogens (primary N) is 1. The summed E-state index contributed by atoms with van der Waals surface area (Å²) in [4.78, 5) is 3.85. The smallest absolute Gasteiger partial charge is 0.264 e. The van der Waals surface area contributed by atoms with E-state index in [0.29, 0.717) is 5.69 Å². The summed E-state index contributed by atoms with van der Waals surface area (Å²) in [5.74, 6) is 0.0454. The van der Waals surface area contributed by atoms with Gasteiger partial charge < -0.3 is 5.73 Å². The Morgan fingerprint density at radius 2 is 2.23 bits per heavy atom. The third-order valence-electron chi connectivity index (χ3n) is 1.69. The topological polar surface area (TPSA) is 38.9 Å². The number of hydrogen-bond acceptors (Lipinski definition) is 2. The molecule has 0 aliphatic heterocycles. The molecule has 0 aromatic carbocycles. The van der Waals surface area contributed by atoms with E-state index in [-0.39, 0.29) is 22.8 Å². The molecule has 0 saturated carbocycles. The zero-order chi connectivity index (χ0) is 10.0. The van der Waals surface area contributed by atoms with Crippen LogP contribution in [0.15, 0.2) is 6.07 Å². The predicted octanol–water partition coefficient (Wildman–Crippen LogP) is 2.65. The third-order valence-corrected chi connectivity index (χ3v) is 1.95. The number of hydrogen-bond donors (Lipinski definition) is 1. The van der Waals surface area contributed by atoms with Crippen molar-refractivity contribution in [3.63, 3.8) is 0 Å². The van der Waals surface area contributed by atoms with Crippen molar-refractivity contribution in [1.29, 1.82) is 0 Å². The van der Waals surface area contributed by atoms with Crippen LogP contribution in [0.4, 0.5) is 14.6 Å². The van der Waals surface area contributed by atoms with Crippen LogP contribution in [0.2, 0.25) is 0 Å². The molecule has 0 atom stereocenters. The van der Waals surface area contributed by atoms with Crippen LogP contribution in [-0.4, -0.2) is 4.98 Å². The van der Waals surface area contributed by atoms with Gasteiger partial charge in [-0.25, -0.2) is 13.8 Å². The number of nitrogen functional groups attached to an aromatic ring is 1. The average Bonchev–Trinajstić information content (AvgIpc) is 2.02. The SMILES string of the molecule is Cc1cc(C(F)F)c(CCl)c(N)n1. The first-order chi connectivity index (χ1) is 6.06. The Balaban J connectivity index is 3.29. The minimum Gasteiger partial charge on any atom is -0.383 e. The van der Waals surface area contributed by atoms with Crippen LogP contribution in [0.5, 0.6) is 0 Å². The molecule has 1 heterocycles. The van der Waals surface area contributed by atoms with Crippen LogP contribution in [-0.2, 0) is 5.88 Å². The van der Waals surface area contributed by atoms with E-state index in [1.54, 1.807) is 6.92 Å². The van der Waals surface area contributed by atoms with Gasteiger partial charge >= 0.3 is 0 Å². The highest BCUT2D eigenvalue weighted by Crippen LogP contribution is 2.27. The van der Waals surface area contributed by atoms with E-state index in [1.807, 2.05) is 0 Å². The second-order valence-electron chi connectivity index (χ2n) is 2.65. The fraction of sp³-hybridized carbons (Fsp3) is 0.375. The first-order valence-electron chi connectivity index (χ1n) is 3.66. The number of rotatable bonds is 2. The number of anilines is 1. The Kier molecular flexibility index (Phi) is 3.03. The third kappa shape index (κ3) is 2.06. The maximum Gasteiger partial charge on any atom is 0.264 e. The van der Waals surface area contributed by atoms with Gasteiger partial charge in [-0.1, -0.05) is 0 Å². The molecule has 5 heteroatoms. The molecule has 13 heavy (non-hydrogen) atoms. The van der Waals surface area contributed by atoms with Gasteiger partial charge in [-0.2, -0.15) is 0 Å². The summed E-state index contributed by atoms with van der Waals surface area (Å²) in [6.07, 6.45) is -2.56. The van der Waals surface area contributed by atoms with E-state index in [2.05, 4.69) is 4.98 Å². The summed E-state index contributed by atoms with van der Waals surface area (Å²) in [7, 11) is 0. The van der Waals surface area contributed by atoms with Crippen molar-refractivity contribution in [3.05, 3.63) is 22.9 Å². The van der Waals surface area contributed by atoms with E-state index in [9.17, 15) is 8.78 Å². The monoisotopic (exact) mass is 206 g/mol. The zero-order valence-corrected chi connectivity index (χ0v) is 7.78. The molecule has 0 aliphatic carbocycles. The van der Waals surface area contributed by atoms with Crippen molar-refractivity contribution in [1.82, 2.24) is 4.98 Å². The van der Waals surface area contributed by atoms with E-state index in [4.69, 9.17) is 17.3 Å². The molecule has 1 aromatic rings. The van der Waals surface area contributed by atoms with E-state index in [1.165, 1.54) is 6.07 Å². The number of halogens is 3. The largest absolute Gasteiger partial charge is 0.383 e. The lowest BCUT2D eigenvalue weighted by atomic mass is 10.1. The average molecular weight is 207 g/mol. The molecule has 2 nitrogen and oxygen atoms in total. The van der Waals surface area contributed by atoms with Crippen molar-refractivity contribution >= 4 is 17.4 Å². The van der Waals surface area contributed by atoms with Crippen LogP contribution in [0, 0.1) is 6.92 Å². The van der Waals surface area contributed by atoms with Gasteiger partial charge in [0, 0.05) is 16.8 Å². The van der Waals surface area contributed by atoms with Gasteiger partial charge in [-0.3, -0.25) is 0 Å². The lowest BCUT2D eigenvalue weighted by Gasteiger charge is -2.09. The molecule has 2 N–H and O–H groups in total.